The number of likely N-dealkylation sites (N-methyl/N-ethyl adjacent to an activating group) is 1. The van der Waals surface area contributed by atoms with Crippen LogP contribution in [-0.2, 0) is 14.3 Å². The van der Waals surface area contributed by atoms with Crippen molar-refractivity contribution in [1.29, 1.82) is 0 Å². The van der Waals surface area contributed by atoms with Crippen LogP contribution in [0.1, 0.15) is 124 Å². The second-order valence-corrected chi connectivity index (χ2v) is 19.9. The maximum absolute atomic E-state index is 13.5. The molecule has 1 aliphatic heterocycles. The van der Waals surface area contributed by atoms with Crippen LogP contribution >= 0.6 is 0 Å². The Morgan fingerprint density at radius 3 is 2.38 bits per heavy atom. The van der Waals surface area contributed by atoms with Crippen LogP contribution in [0.5, 0.6) is 0 Å². The van der Waals surface area contributed by atoms with Crippen LogP contribution in [0.2, 0.25) is 0 Å². The molecule has 4 aliphatic carbocycles. The van der Waals surface area contributed by atoms with E-state index >= 15 is 0 Å². The van der Waals surface area contributed by atoms with Crippen molar-refractivity contribution in [3.8, 4) is 0 Å². The largest absolute Gasteiger partial charge is 0.481 e. The van der Waals surface area contributed by atoms with Crippen LogP contribution in [0.4, 0.5) is 0 Å². The molecule has 12 atom stereocenters. The minimum absolute atomic E-state index is 0.182. The number of rotatable bonds is 10. The molecule has 0 radical (unpaired) electrons. The highest BCUT2D eigenvalue weighted by Crippen LogP contribution is 2.75. The highest BCUT2D eigenvalue weighted by Gasteiger charge is 2.72. The molecule has 2 heterocycles. The average Bonchev–Trinajstić information content (AvgIpc) is 3.56. The lowest BCUT2D eigenvalue weighted by molar-refractivity contribution is -0.255. The Labute approximate surface area is 313 Å². The van der Waals surface area contributed by atoms with Gasteiger partial charge < -0.3 is 24.8 Å². The van der Waals surface area contributed by atoms with Crippen LogP contribution in [-0.4, -0.2) is 89.3 Å². The first kappa shape index (κ1) is 39.4. The van der Waals surface area contributed by atoms with Crippen molar-refractivity contribution < 1.29 is 24.2 Å². The van der Waals surface area contributed by atoms with Crippen LogP contribution in [0, 0.1) is 62.6 Å². The Bertz CT molecular complexity index is 1560. The highest BCUT2D eigenvalue weighted by molar-refractivity contribution is 5.90. The first-order valence-electron chi connectivity index (χ1n) is 20.1. The van der Waals surface area contributed by atoms with Crippen molar-refractivity contribution >= 4 is 11.9 Å². The van der Waals surface area contributed by atoms with E-state index in [1.807, 2.05) is 4.68 Å². The number of amides is 1. The molecule has 10 heteroatoms. The summed E-state index contributed by atoms with van der Waals surface area (Å²) >= 11 is 0. The number of fused-ring (bicyclic) bond motifs is 3. The SMILES string of the molecule is CNC(=O)c1ncnn1[C@@H]1CC23COC[C@@](C)([C@@H]2CC[C@H]2C3=CC[C@@]3(C)[C@H](C(=O)O)[C@@](C)([C@H](C)C(C)C)CC[C@]23C)[C@H]1OC[C@@](C)(C(C)C)N(C)C. The first-order valence-corrected chi connectivity index (χ1v) is 20.1. The van der Waals surface area contributed by atoms with Gasteiger partial charge in [-0.1, -0.05) is 74.0 Å². The fourth-order valence-electron chi connectivity index (χ4n) is 13.0. The van der Waals surface area contributed by atoms with E-state index in [9.17, 15) is 14.7 Å². The maximum atomic E-state index is 13.5. The fraction of sp³-hybridized carbons (Fsp3) is 0.857. The topological polar surface area (TPSA) is 119 Å². The molecule has 1 saturated heterocycles. The zero-order valence-corrected chi connectivity index (χ0v) is 34.5. The number of nitrogens with zero attached hydrogens (tertiary/aromatic N) is 4. The molecule has 292 valence electrons. The zero-order chi connectivity index (χ0) is 38.4. The molecule has 2 bridgehead atoms. The molecular formula is C42H69N5O5. The van der Waals surface area contributed by atoms with Gasteiger partial charge in [-0.05, 0) is 105 Å². The fourth-order valence-corrected chi connectivity index (χ4v) is 13.0. The zero-order valence-electron chi connectivity index (χ0n) is 34.5. The number of ether oxygens (including phenoxy) is 2. The van der Waals surface area contributed by atoms with Crippen molar-refractivity contribution in [3.63, 3.8) is 0 Å². The van der Waals surface area contributed by atoms with Gasteiger partial charge in [0.1, 0.15) is 6.33 Å². The number of carbonyl (C=O) groups is 2. The Balaban J connectivity index is 1.48. The van der Waals surface area contributed by atoms with Gasteiger partial charge in [-0.15, -0.1) is 0 Å². The molecule has 3 saturated carbocycles. The number of allylic oxidation sites excluding steroid dienone is 1. The van der Waals surface area contributed by atoms with Gasteiger partial charge in [0.2, 0.25) is 5.82 Å². The quantitative estimate of drug-likeness (QED) is 0.245. The van der Waals surface area contributed by atoms with Crippen molar-refractivity contribution in [2.24, 2.45) is 62.6 Å². The number of carbonyl (C=O) groups excluding carboxylic acids is 1. The molecule has 1 aromatic rings. The first-order chi connectivity index (χ1) is 24.2. The van der Waals surface area contributed by atoms with Crippen LogP contribution in [0.15, 0.2) is 18.0 Å². The summed E-state index contributed by atoms with van der Waals surface area (Å²) < 4.78 is 15.9. The number of hydrogen-bond donors (Lipinski definition) is 2. The van der Waals surface area contributed by atoms with Crippen LogP contribution in [0.3, 0.4) is 0 Å². The van der Waals surface area contributed by atoms with Gasteiger partial charge in [0.05, 0.1) is 37.9 Å². The standard InChI is InChI=1S/C42H69N5O5/c1-25(2)27(5)37(6)18-19-39(8)28-14-15-31-38(7)21-51-23-42(31,29(28)16-17-40(39,9)32(37)36(49)50)20-30(47-34(35(48)43-11)44-24-45-47)33(38)52-22-41(10,26(3)4)46(12)13/h16,24-28,30-33H,14-15,17-23H2,1-13H3,(H,43,48)(H,49,50)/t27-,28+,30-,31+,32-,33+,37-,38+,39-,40+,41+,42?/m1/s1. The van der Waals surface area contributed by atoms with Gasteiger partial charge in [0, 0.05) is 23.4 Å². The molecule has 4 fully saturated rings. The second-order valence-electron chi connectivity index (χ2n) is 19.9. The van der Waals surface area contributed by atoms with Crippen molar-refractivity contribution in [2.75, 3.05) is 41.0 Å². The van der Waals surface area contributed by atoms with E-state index in [2.05, 4.69) is 105 Å². The highest BCUT2D eigenvalue weighted by atomic mass is 16.5. The smallest absolute Gasteiger partial charge is 0.307 e. The summed E-state index contributed by atoms with van der Waals surface area (Å²) in [6.45, 7) is 24.6. The van der Waals surface area contributed by atoms with E-state index in [0.29, 0.717) is 49.3 Å². The van der Waals surface area contributed by atoms with Gasteiger partial charge in [0.25, 0.3) is 5.91 Å². The molecule has 1 aromatic heterocycles. The number of hydrogen-bond acceptors (Lipinski definition) is 7. The van der Waals surface area contributed by atoms with Gasteiger partial charge in [0.15, 0.2) is 0 Å². The van der Waals surface area contributed by atoms with Gasteiger partial charge in [-0.3, -0.25) is 9.59 Å². The molecule has 6 rings (SSSR count). The van der Waals surface area contributed by atoms with E-state index in [1.165, 1.54) is 11.9 Å². The third-order valence-corrected chi connectivity index (χ3v) is 17.2. The molecule has 1 unspecified atom stereocenters. The van der Waals surface area contributed by atoms with E-state index in [-0.39, 0.29) is 51.2 Å². The third-order valence-electron chi connectivity index (χ3n) is 17.2. The average molecular weight is 724 g/mol. The predicted molar refractivity (Wildman–Crippen MR) is 203 cm³/mol. The molecule has 5 aliphatic rings. The molecule has 0 spiro atoms. The Hall–Kier alpha value is -2.30. The Morgan fingerprint density at radius 2 is 1.79 bits per heavy atom. The molecule has 0 aromatic carbocycles. The molecular weight excluding hydrogens is 654 g/mol. The number of aromatic nitrogens is 3. The van der Waals surface area contributed by atoms with Crippen molar-refractivity contribution in [2.45, 2.75) is 125 Å². The summed E-state index contributed by atoms with van der Waals surface area (Å²) in [4.78, 5) is 33.5. The normalized spacial score (nSPS) is 41.8. The van der Waals surface area contributed by atoms with E-state index in [0.717, 1.165) is 38.5 Å². The predicted octanol–water partition coefficient (Wildman–Crippen LogP) is 7.13. The molecule has 2 N–H and O–H groups in total. The number of carboxylic acids is 1. The Morgan fingerprint density at radius 1 is 1.10 bits per heavy atom. The minimum atomic E-state index is -0.641. The van der Waals surface area contributed by atoms with Crippen LogP contribution < -0.4 is 5.32 Å². The monoisotopic (exact) mass is 724 g/mol. The lowest BCUT2D eigenvalue weighted by Crippen LogP contribution is -2.69. The lowest BCUT2D eigenvalue weighted by Gasteiger charge is -2.71. The van der Waals surface area contributed by atoms with E-state index in [4.69, 9.17) is 14.6 Å². The molecule has 1 amide bonds. The summed E-state index contributed by atoms with van der Waals surface area (Å²) in [6.07, 6.45) is 9.18. The maximum Gasteiger partial charge on any atom is 0.307 e. The number of carboxylic acid groups (broad SMARTS) is 1. The number of nitrogens with one attached hydrogen (secondary N) is 1. The summed E-state index contributed by atoms with van der Waals surface area (Å²) in [7, 11) is 5.88. The third kappa shape index (κ3) is 5.33. The molecule has 10 nitrogen and oxygen atoms in total. The molecule has 52 heavy (non-hydrogen) atoms. The van der Waals surface area contributed by atoms with E-state index in [1.54, 1.807) is 7.05 Å². The van der Waals surface area contributed by atoms with E-state index < -0.39 is 17.3 Å². The van der Waals surface area contributed by atoms with Gasteiger partial charge in [-0.25, -0.2) is 9.67 Å². The minimum Gasteiger partial charge on any atom is -0.481 e. The summed E-state index contributed by atoms with van der Waals surface area (Å²) in [5.74, 6) is 0.571. The Kier molecular flexibility index (Phi) is 9.98. The van der Waals surface area contributed by atoms with Crippen molar-refractivity contribution in [1.82, 2.24) is 25.0 Å². The second kappa shape index (κ2) is 13.2. The van der Waals surface area contributed by atoms with Gasteiger partial charge in [-0.2, -0.15) is 5.10 Å². The number of aliphatic carboxylic acids is 1. The lowest BCUT2D eigenvalue weighted by atomic mass is 9.34. The summed E-state index contributed by atoms with van der Waals surface area (Å²) in [6, 6.07) is -0.243. The van der Waals surface area contributed by atoms with Crippen molar-refractivity contribution in [3.05, 3.63) is 23.8 Å². The summed E-state index contributed by atoms with van der Waals surface area (Å²) in [5.41, 5.74) is -0.249. The summed E-state index contributed by atoms with van der Waals surface area (Å²) in [5, 5.41) is 18.7. The van der Waals surface area contributed by atoms with Crippen LogP contribution in [0.25, 0.3) is 0 Å². The van der Waals surface area contributed by atoms with Gasteiger partial charge >= 0.3 is 5.97 Å².